The Balaban J connectivity index is 2.07. The first-order chi connectivity index (χ1) is 9.39. The van der Waals surface area contributed by atoms with E-state index in [-0.39, 0.29) is 5.54 Å². The van der Waals surface area contributed by atoms with Gasteiger partial charge in [-0.3, -0.25) is 4.68 Å². The van der Waals surface area contributed by atoms with Gasteiger partial charge in [-0.05, 0) is 70.4 Å². The van der Waals surface area contributed by atoms with Crippen molar-refractivity contribution < 1.29 is 0 Å². The number of nitrogens with zero attached hydrogens (tertiary/aromatic N) is 2. The first-order valence-electron chi connectivity index (χ1n) is 8.16. The molecule has 3 atom stereocenters. The number of aromatic nitrogens is 2. The maximum absolute atomic E-state index is 4.47. The van der Waals surface area contributed by atoms with Gasteiger partial charge in [-0.15, -0.1) is 0 Å². The van der Waals surface area contributed by atoms with Crippen molar-refractivity contribution in [3.63, 3.8) is 0 Å². The molecule has 1 N–H and O–H groups in total. The van der Waals surface area contributed by atoms with Crippen LogP contribution in [0.2, 0.25) is 0 Å². The normalized spacial score (nSPS) is 27.8. The van der Waals surface area contributed by atoms with Gasteiger partial charge >= 0.3 is 0 Å². The van der Waals surface area contributed by atoms with Gasteiger partial charge in [-0.25, -0.2) is 0 Å². The molecule has 3 unspecified atom stereocenters. The van der Waals surface area contributed by atoms with Gasteiger partial charge in [-0.1, -0.05) is 13.3 Å². The highest BCUT2D eigenvalue weighted by Gasteiger charge is 2.31. The van der Waals surface area contributed by atoms with E-state index < -0.39 is 0 Å². The van der Waals surface area contributed by atoms with E-state index in [1.165, 1.54) is 24.8 Å². The van der Waals surface area contributed by atoms with Gasteiger partial charge in [0.1, 0.15) is 0 Å². The molecular weight excluding hydrogens is 246 g/mol. The number of nitrogens with one attached hydrogen (secondary N) is 1. The molecule has 0 aliphatic heterocycles. The smallest absolute Gasteiger partial charge is 0.0524 e. The van der Waals surface area contributed by atoms with Crippen molar-refractivity contribution in [2.24, 2.45) is 11.8 Å². The Morgan fingerprint density at radius 1 is 1.35 bits per heavy atom. The monoisotopic (exact) mass is 277 g/mol. The highest BCUT2D eigenvalue weighted by molar-refractivity contribution is 5.14. The molecule has 0 bridgehead atoms. The largest absolute Gasteiger partial charge is 0.312 e. The van der Waals surface area contributed by atoms with Crippen molar-refractivity contribution in [1.82, 2.24) is 15.1 Å². The first-order valence-corrected chi connectivity index (χ1v) is 8.16. The molecular formula is C17H31N3. The summed E-state index contributed by atoms with van der Waals surface area (Å²) in [5, 5.41) is 8.17. The highest BCUT2D eigenvalue weighted by atomic mass is 15.3. The van der Waals surface area contributed by atoms with E-state index in [2.05, 4.69) is 62.1 Å². The molecule has 3 heteroatoms. The average Bonchev–Trinajstić information content (AvgIpc) is 2.84. The number of aryl methyl sites for hydroxylation is 1. The van der Waals surface area contributed by atoms with Gasteiger partial charge < -0.3 is 5.32 Å². The van der Waals surface area contributed by atoms with Crippen LogP contribution in [0.1, 0.15) is 65.4 Å². The molecule has 1 heterocycles. The van der Waals surface area contributed by atoms with Gasteiger partial charge in [0, 0.05) is 18.3 Å². The molecule has 1 aromatic heterocycles. The van der Waals surface area contributed by atoms with Gasteiger partial charge in [0.05, 0.1) is 6.20 Å². The minimum atomic E-state index is 0.210. The molecule has 1 aromatic rings. The molecule has 114 valence electrons. The molecule has 0 saturated heterocycles. The Morgan fingerprint density at radius 3 is 2.70 bits per heavy atom. The molecule has 0 radical (unpaired) electrons. The SMILES string of the molecule is CCn1cc(C2CC(C)CCC2CNC(C)(C)C)cn1. The van der Waals surface area contributed by atoms with Crippen molar-refractivity contribution in [3.8, 4) is 0 Å². The Hall–Kier alpha value is -0.830. The summed E-state index contributed by atoms with van der Waals surface area (Å²) in [6, 6.07) is 0. The minimum absolute atomic E-state index is 0.210. The molecule has 1 fully saturated rings. The van der Waals surface area contributed by atoms with E-state index in [4.69, 9.17) is 0 Å². The standard InChI is InChI=1S/C17H31N3/c1-6-20-12-15(11-19-20)16-9-13(2)7-8-14(16)10-18-17(3,4)5/h11-14,16,18H,6-10H2,1-5H3. The van der Waals surface area contributed by atoms with Crippen LogP contribution >= 0.6 is 0 Å². The maximum atomic E-state index is 4.47. The van der Waals surface area contributed by atoms with Gasteiger partial charge in [0.25, 0.3) is 0 Å². The van der Waals surface area contributed by atoms with E-state index in [0.29, 0.717) is 5.92 Å². The lowest BCUT2D eigenvalue weighted by molar-refractivity contribution is 0.227. The third-order valence-electron chi connectivity index (χ3n) is 4.56. The third-order valence-corrected chi connectivity index (χ3v) is 4.56. The second-order valence-electron chi connectivity index (χ2n) is 7.55. The average molecular weight is 277 g/mol. The van der Waals surface area contributed by atoms with Gasteiger partial charge in [0.15, 0.2) is 0 Å². The number of hydrogen-bond donors (Lipinski definition) is 1. The fourth-order valence-electron chi connectivity index (χ4n) is 3.28. The first kappa shape index (κ1) is 15.6. The van der Waals surface area contributed by atoms with Crippen molar-refractivity contribution in [1.29, 1.82) is 0 Å². The molecule has 0 amide bonds. The van der Waals surface area contributed by atoms with E-state index in [0.717, 1.165) is 24.9 Å². The second-order valence-corrected chi connectivity index (χ2v) is 7.55. The Morgan fingerprint density at radius 2 is 2.10 bits per heavy atom. The maximum Gasteiger partial charge on any atom is 0.0524 e. The van der Waals surface area contributed by atoms with Crippen LogP contribution in [-0.2, 0) is 6.54 Å². The summed E-state index contributed by atoms with van der Waals surface area (Å²) in [5.41, 5.74) is 1.65. The molecule has 1 saturated carbocycles. The summed E-state index contributed by atoms with van der Waals surface area (Å²) in [7, 11) is 0. The fourth-order valence-corrected chi connectivity index (χ4v) is 3.28. The fraction of sp³-hybridized carbons (Fsp3) is 0.824. The summed E-state index contributed by atoms with van der Waals surface area (Å²) >= 11 is 0. The molecule has 0 spiro atoms. The lowest BCUT2D eigenvalue weighted by Gasteiger charge is -2.36. The quantitative estimate of drug-likeness (QED) is 0.907. The number of rotatable bonds is 4. The van der Waals surface area contributed by atoms with Crippen LogP contribution in [0.3, 0.4) is 0 Å². The van der Waals surface area contributed by atoms with Crippen molar-refractivity contribution in [2.75, 3.05) is 6.54 Å². The predicted molar refractivity (Wildman–Crippen MR) is 84.9 cm³/mol. The van der Waals surface area contributed by atoms with Gasteiger partial charge in [0.2, 0.25) is 0 Å². The van der Waals surface area contributed by atoms with E-state index in [9.17, 15) is 0 Å². The van der Waals surface area contributed by atoms with Crippen LogP contribution in [0, 0.1) is 11.8 Å². The molecule has 1 aliphatic rings. The summed E-state index contributed by atoms with van der Waals surface area (Å²) < 4.78 is 2.06. The molecule has 0 aromatic carbocycles. The Bertz CT molecular complexity index is 416. The van der Waals surface area contributed by atoms with Crippen LogP contribution in [0.25, 0.3) is 0 Å². The molecule has 1 aliphatic carbocycles. The Kier molecular flexibility index (Phi) is 4.90. The van der Waals surface area contributed by atoms with Crippen molar-refractivity contribution in [2.45, 2.75) is 71.9 Å². The lowest BCUT2D eigenvalue weighted by atomic mass is 9.72. The summed E-state index contributed by atoms with van der Waals surface area (Å²) in [5.74, 6) is 2.27. The summed E-state index contributed by atoms with van der Waals surface area (Å²) in [6.07, 6.45) is 8.37. The van der Waals surface area contributed by atoms with Crippen LogP contribution in [0.5, 0.6) is 0 Å². The van der Waals surface area contributed by atoms with E-state index in [1.807, 2.05) is 0 Å². The minimum Gasteiger partial charge on any atom is -0.312 e. The van der Waals surface area contributed by atoms with Gasteiger partial charge in [-0.2, -0.15) is 5.10 Å². The molecule has 2 rings (SSSR count). The van der Waals surface area contributed by atoms with Crippen LogP contribution in [-0.4, -0.2) is 21.9 Å². The molecule has 20 heavy (non-hydrogen) atoms. The van der Waals surface area contributed by atoms with Crippen LogP contribution in [0.4, 0.5) is 0 Å². The zero-order valence-electron chi connectivity index (χ0n) is 13.8. The second kappa shape index (κ2) is 6.30. The van der Waals surface area contributed by atoms with Crippen molar-refractivity contribution >= 4 is 0 Å². The predicted octanol–water partition coefficient (Wildman–Crippen LogP) is 3.81. The zero-order chi connectivity index (χ0) is 14.8. The topological polar surface area (TPSA) is 29.9 Å². The third kappa shape index (κ3) is 4.08. The summed E-state index contributed by atoms with van der Waals surface area (Å²) in [4.78, 5) is 0. The van der Waals surface area contributed by atoms with Crippen LogP contribution < -0.4 is 5.32 Å². The van der Waals surface area contributed by atoms with Crippen LogP contribution in [0.15, 0.2) is 12.4 Å². The van der Waals surface area contributed by atoms with E-state index >= 15 is 0 Å². The number of hydrogen-bond acceptors (Lipinski definition) is 2. The van der Waals surface area contributed by atoms with E-state index in [1.54, 1.807) is 0 Å². The zero-order valence-corrected chi connectivity index (χ0v) is 13.8. The van der Waals surface area contributed by atoms with Crippen molar-refractivity contribution in [3.05, 3.63) is 18.0 Å². The summed E-state index contributed by atoms with van der Waals surface area (Å²) in [6.45, 7) is 13.4. The molecule has 3 nitrogen and oxygen atoms in total. The lowest BCUT2D eigenvalue weighted by Crippen LogP contribution is -2.41. The highest BCUT2D eigenvalue weighted by Crippen LogP contribution is 2.40. The Labute approximate surface area is 124 Å².